The number of rotatable bonds is 3. The number of allylic oxidation sites excluding steroid dienone is 3. The van der Waals surface area contributed by atoms with Gasteiger partial charge in [0.15, 0.2) is 0 Å². The van der Waals surface area contributed by atoms with Crippen LogP contribution in [0.25, 0.3) is 0 Å². The first-order valence-corrected chi connectivity index (χ1v) is 4.85. The van der Waals surface area contributed by atoms with Crippen molar-refractivity contribution < 1.29 is 4.79 Å². The minimum absolute atomic E-state index is 0.0354. The van der Waals surface area contributed by atoms with Gasteiger partial charge in [-0.05, 0) is 25.2 Å². The summed E-state index contributed by atoms with van der Waals surface area (Å²) < 4.78 is 0. The summed E-state index contributed by atoms with van der Waals surface area (Å²) in [6.45, 7) is 2.20. The molecular formula is C11H17NO. The SMILES string of the molecule is CC(=O)NC/C=C\C1CC=CCC1. The first-order chi connectivity index (χ1) is 6.29. The van der Waals surface area contributed by atoms with Gasteiger partial charge in [-0.3, -0.25) is 4.79 Å². The zero-order valence-electron chi connectivity index (χ0n) is 8.12. The van der Waals surface area contributed by atoms with Gasteiger partial charge in [-0.2, -0.15) is 0 Å². The van der Waals surface area contributed by atoms with E-state index in [4.69, 9.17) is 0 Å². The largest absolute Gasteiger partial charge is 0.353 e. The number of carbonyl (C=O) groups excluding carboxylic acids is 1. The molecular weight excluding hydrogens is 162 g/mol. The molecule has 0 saturated carbocycles. The third-order valence-corrected chi connectivity index (χ3v) is 2.19. The van der Waals surface area contributed by atoms with Crippen LogP contribution in [0.15, 0.2) is 24.3 Å². The summed E-state index contributed by atoms with van der Waals surface area (Å²) in [5.74, 6) is 0.715. The summed E-state index contributed by atoms with van der Waals surface area (Å²) in [5.41, 5.74) is 0. The Morgan fingerprint density at radius 3 is 3.08 bits per heavy atom. The van der Waals surface area contributed by atoms with Crippen LogP contribution in [0, 0.1) is 5.92 Å². The molecule has 1 N–H and O–H groups in total. The highest BCUT2D eigenvalue weighted by Crippen LogP contribution is 2.18. The van der Waals surface area contributed by atoms with Crippen molar-refractivity contribution in [1.82, 2.24) is 5.32 Å². The van der Waals surface area contributed by atoms with Gasteiger partial charge in [0.25, 0.3) is 0 Å². The van der Waals surface area contributed by atoms with E-state index in [1.807, 2.05) is 6.08 Å². The fourth-order valence-corrected chi connectivity index (χ4v) is 1.45. The zero-order chi connectivity index (χ0) is 9.52. The molecule has 0 radical (unpaired) electrons. The monoisotopic (exact) mass is 179 g/mol. The van der Waals surface area contributed by atoms with Crippen LogP contribution in [0.1, 0.15) is 26.2 Å². The summed E-state index contributed by atoms with van der Waals surface area (Å²) >= 11 is 0. The van der Waals surface area contributed by atoms with E-state index in [2.05, 4.69) is 23.5 Å². The first-order valence-electron chi connectivity index (χ1n) is 4.85. The van der Waals surface area contributed by atoms with Crippen molar-refractivity contribution in [2.24, 2.45) is 5.92 Å². The molecule has 0 spiro atoms. The minimum atomic E-state index is 0.0354. The average molecular weight is 179 g/mol. The van der Waals surface area contributed by atoms with E-state index in [-0.39, 0.29) is 5.91 Å². The maximum absolute atomic E-state index is 10.5. The lowest BCUT2D eigenvalue weighted by atomic mass is 9.94. The lowest BCUT2D eigenvalue weighted by Gasteiger charge is -2.12. The molecule has 0 aromatic carbocycles. The molecule has 1 rings (SSSR count). The molecule has 0 aromatic rings. The van der Waals surface area contributed by atoms with Crippen LogP contribution in [0.4, 0.5) is 0 Å². The van der Waals surface area contributed by atoms with Crippen LogP contribution in [0.5, 0.6) is 0 Å². The normalized spacial score (nSPS) is 22.1. The van der Waals surface area contributed by atoms with Crippen molar-refractivity contribution in [3.05, 3.63) is 24.3 Å². The second-order valence-corrected chi connectivity index (χ2v) is 3.41. The first kappa shape index (κ1) is 10.0. The molecule has 0 fully saturated rings. The Kier molecular flexibility index (Phi) is 4.30. The summed E-state index contributed by atoms with van der Waals surface area (Å²) in [4.78, 5) is 10.5. The third-order valence-electron chi connectivity index (χ3n) is 2.19. The van der Waals surface area contributed by atoms with Crippen LogP contribution in [0.3, 0.4) is 0 Å². The summed E-state index contributed by atoms with van der Waals surface area (Å²) in [5, 5.41) is 2.74. The standard InChI is InChI=1S/C11H17NO/c1-10(13)12-9-5-8-11-6-3-2-4-7-11/h2-3,5,8,11H,4,6-7,9H2,1H3,(H,12,13)/b8-5-. The van der Waals surface area contributed by atoms with Gasteiger partial charge in [0.05, 0.1) is 0 Å². The van der Waals surface area contributed by atoms with E-state index in [0.717, 1.165) is 6.42 Å². The van der Waals surface area contributed by atoms with Crippen molar-refractivity contribution >= 4 is 5.91 Å². The molecule has 1 atom stereocenters. The van der Waals surface area contributed by atoms with Crippen LogP contribution in [-0.4, -0.2) is 12.5 Å². The van der Waals surface area contributed by atoms with Crippen LogP contribution in [0.2, 0.25) is 0 Å². The van der Waals surface area contributed by atoms with E-state index >= 15 is 0 Å². The summed E-state index contributed by atoms with van der Waals surface area (Å²) in [6.07, 6.45) is 12.3. The number of nitrogens with one attached hydrogen (secondary N) is 1. The van der Waals surface area contributed by atoms with Gasteiger partial charge >= 0.3 is 0 Å². The Labute approximate surface area is 79.7 Å². The molecule has 1 amide bonds. The van der Waals surface area contributed by atoms with E-state index in [1.165, 1.54) is 19.8 Å². The molecule has 0 bridgehead atoms. The highest BCUT2D eigenvalue weighted by Gasteiger charge is 2.04. The average Bonchev–Trinajstić information content (AvgIpc) is 2.14. The number of amides is 1. The maximum atomic E-state index is 10.5. The van der Waals surface area contributed by atoms with E-state index in [0.29, 0.717) is 12.5 Å². The smallest absolute Gasteiger partial charge is 0.217 e. The van der Waals surface area contributed by atoms with Gasteiger partial charge in [-0.15, -0.1) is 0 Å². The van der Waals surface area contributed by atoms with Gasteiger partial charge in [-0.25, -0.2) is 0 Å². The molecule has 1 aliphatic carbocycles. The molecule has 1 unspecified atom stereocenters. The lowest BCUT2D eigenvalue weighted by Crippen LogP contribution is -2.19. The highest BCUT2D eigenvalue weighted by atomic mass is 16.1. The molecule has 72 valence electrons. The predicted molar refractivity (Wildman–Crippen MR) is 54.3 cm³/mol. The van der Waals surface area contributed by atoms with Crippen molar-refractivity contribution in [3.8, 4) is 0 Å². The number of hydrogen-bond donors (Lipinski definition) is 1. The molecule has 13 heavy (non-hydrogen) atoms. The third kappa shape index (κ3) is 4.51. The van der Waals surface area contributed by atoms with E-state index < -0.39 is 0 Å². The Hall–Kier alpha value is -1.05. The molecule has 1 aliphatic rings. The second kappa shape index (κ2) is 5.57. The molecule has 0 saturated heterocycles. The molecule has 0 aromatic heterocycles. The molecule has 2 heteroatoms. The van der Waals surface area contributed by atoms with Gasteiger partial charge in [-0.1, -0.05) is 24.3 Å². The number of hydrogen-bond acceptors (Lipinski definition) is 1. The Balaban J connectivity index is 2.15. The Morgan fingerprint density at radius 2 is 2.46 bits per heavy atom. The predicted octanol–water partition coefficient (Wildman–Crippen LogP) is 2.04. The topological polar surface area (TPSA) is 29.1 Å². The molecule has 2 nitrogen and oxygen atoms in total. The Bertz CT molecular complexity index is 218. The Morgan fingerprint density at radius 1 is 1.62 bits per heavy atom. The van der Waals surface area contributed by atoms with Crippen LogP contribution in [-0.2, 0) is 4.79 Å². The van der Waals surface area contributed by atoms with Gasteiger partial charge < -0.3 is 5.32 Å². The lowest BCUT2D eigenvalue weighted by molar-refractivity contribution is -0.118. The van der Waals surface area contributed by atoms with E-state index in [9.17, 15) is 4.79 Å². The molecule has 0 heterocycles. The van der Waals surface area contributed by atoms with Crippen molar-refractivity contribution in [1.29, 1.82) is 0 Å². The van der Waals surface area contributed by atoms with Crippen LogP contribution < -0.4 is 5.32 Å². The minimum Gasteiger partial charge on any atom is -0.353 e. The number of carbonyl (C=O) groups is 1. The fourth-order valence-electron chi connectivity index (χ4n) is 1.45. The van der Waals surface area contributed by atoms with Crippen molar-refractivity contribution in [2.45, 2.75) is 26.2 Å². The van der Waals surface area contributed by atoms with Crippen molar-refractivity contribution in [3.63, 3.8) is 0 Å². The quantitative estimate of drug-likeness (QED) is 0.660. The van der Waals surface area contributed by atoms with Gasteiger partial charge in [0, 0.05) is 13.5 Å². The maximum Gasteiger partial charge on any atom is 0.217 e. The van der Waals surface area contributed by atoms with Gasteiger partial charge in [0.1, 0.15) is 0 Å². The van der Waals surface area contributed by atoms with Crippen molar-refractivity contribution in [2.75, 3.05) is 6.54 Å². The van der Waals surface area contributed by atoms with Gasteiger partial charge in [0.2, 0.25) is 5.91 Å². The van der Waals surface area contributed by atoms with E-state index in [1.54, 1.807) is 0 Å². The fraction of sp³-hybridized carbons (Fsp3) is 0.545. The summed E-state index contributed by atoms with van der Waals surface area (Å²) in [7, 11) is 0. The second-order valence-electron chi connectivity index (χ2n) is 3.41. The molecule has 0 aliphatic heterocycles. The highest BCUT2D eigenvalue weighted by molar-refractivity contribution is 5.72. The summed E-state index contributed by atoms with van der Waals surface area (Å²) in [6, 6.07) is 0. The van der Waals surface area contributed by atoms with Crippen LogP contribution >= 0.6 is 0 Å². The zero-order valence-corrected chi connectivity index (χ0v) is 8.12.